The number of aromatic nitrogens is 2. The molecule has 3 heterocycles. The van der Waals surface area contributed by atoms with Crippen molar-refractivity contribution in [1.82, 2.24) is 9.55 Å². The minimum atomic E-state index is -1.30. The van der Waals surface area contributed by atoms with Gasteiger partial charge in [-0.1, -0.05) is 13.3 Å². The summed E-state index contributed by atoms with van der Waals surface area (Å²) < 4.78 is 19.1. The summed E-state index contributed by atoms with van der Waals surface area (Å²) >= 11 is 1.40. The van der Waals surface area contributed by atoms with Crippen molar-refractivity contribution in [3.63, 3.8) is 0 Å². The third-order valence-corrected chi connectivity index (χ3v) is 5.41. The number of benzene rings is 1. The maximum Gasteiger partial charge on any atom is 0.341 e. The highest BCUT2D eigenvalue weighted by molar-refractivity contribution is 7.07. The summed E-state index contributed by atoms with van der Waals surface area (Å²) in [6.45, 7) is 2.62. The number of carboxylic acids is 1. The van der Waals surface area contributed by atoms with Crippen LogP contribution in [-0.2, 0) is 0 Å². The van der Waals surface area contributed by atoms with Crippen LogP contribution in [0.3, 0.4) is 0 Å². The number of carbonyl (C=O) groups is 1. The highest BCUT2D eigenvalue weighted by Gasteiger charge is 2.31. The summed E-state index contributed by atoms with van der Waals surface area (Å²) in [5.41, 5.74) is 2.48. The lowest BCUT2D eigenvalue weighted by molar-refractivity contribution is 0.0693. The number of unbranched alkanes of at least 4 members (excludes halogenated alkanes) is 1. The molecule has 0 radical (unpaired) electrons. The molecule has 4 rings (SSSR count). The first-order valence-corrected chi connectivity index (χ1v) is 10.4. The zero-order valence-corrected chi connectivity index (χ0v) is 17.3. The van der Waals surface area contributed by atoms with E-state index in [0.717, 1.165) is 12.8 Å². The second-order valence-electron chi connectivity index (χ2n) is 6.73. The van der Waals surface area contributed by atoms with E-state index in [4.69, 9.17) is 14.2 Å². The van der Waals surface area contributed by atoms with Crippen LogP contribution in [-0.4, -0.2) is 34.3 Å². The Morgan fingerprint density at radius 2 is 2.17 bits per heavy atom. The molecule has 0 saturated heterocycles. The van der Waals surface area contributed by atoms with Crippen molar-refractivity contribution in [3.05, 3.63) is 56.8 Å². The first kappa shape index (κ1) is 20.0. The highest BCUT2D eigenvalue weighted by atomic mass is 32.1. The third kappa shape index (κ3) is 3.52. The van der Waals surface area contributed by atoms with Gasteiger partial charge in [-0.15, -0.1) is 11.3 Å². The van der Waals surface area contributed by atoms with E-state index in [1.807, 2.05) is 5.38 Å². The van der Waals surface area contributed by atoms with Crippen LogP contribution in [0.15, 0.2) is 40.1 Å². The molecule has 0 bridgehead atoms. The molecule has 156 valence electrons. The van der Waals surface area contributed by atoms with Gasteiger partial charge in [0.05, 0.1) is 24.9 Å². The van der Waals surface area contributed by atoms with Gasteiger partial charge in [-0.3, -0.25) is 4.79 Å². The maximum atomic E-state index is 12.4. The number of carboxylic acid groups (broad SMARTS) is 1. The highest BCUT2D eigenvalue weighted by Crippen LogP contribution is 2.45. The number of thiazole rings is 1. The Morgan fingerprint density at radius 1 is 1.33 bits per heavy atom. The molecule has 1 aromatic carbocycles. The Bertz CT molecular complexity index is 1140. The van der Waals surface area contributed by atoms with Crippen molar-refractivity contribution in [2.75, 3.05) is 13.7 Å². The Kier molecular flexibility index (Phi) is 5.45. The average molecular weight is 428 g/mol. The number of hydrogen-bond donors (Lipinski definition) is 1. The Morgan fingerprint density at radius 3 is 2.83 bits per heavy atom. The molecule has 8 nitrogen and oxygen atoms in total. The fourth-order valence-corrected chi connectivity index (χ4v) is 3.84. The van der Waals surface area contributed by atoms with Crippen LogP contribution < -0.4 is 19.6 Å². The van der Waals surface area contributed by atoms with Crippen molar-refractivity contribution in [2.24, 2.45) is 0 Å². The largest absolute Gasteiger partial charge is 0.493 e. The van der Waals surface area contributed by atoms with Gasteiger partial charge >= 0.3 is 5.97 Å². The van der Waals surface area contributed by atoms with Crippen molar-refractivity contribution >= 4 is 17.3 Å². The van der Waals surface area contributed by atoms with Gasteiger partial charge in [0.2, 0.25) is 6.23 Å². The zero-order chi connectivity index (χ0) is 21.3. The number of pyridine rings is 1. The van der Waals surface area contributed by atoms with Gasteiger partial charge < -0.3 is 23.9 Å². The van der Waals surface area contributed by atoms with E-state index >= 15 is 0 Å². The van der Waals surface area contributed by atoms with Gasteiger partial charge in [0, 0.05) is 29.3 Å². The van der Waals surface area contributed by atoms with Crippen molar-refractivity contribution in [3.8, 4) is 28.5 Å². The summed E-state index contributed by atoms with van der Waals surface area (Å²) in [7, 11) is 1.54. The van der Waals surface area contributed by atoms with E-state index < -0.39 is 17.6 Å². The van der Waals surface area contributed by atoms with Crippen molar-refractivity contribution in [1.29, 1.82) is 0 Å². The van der Waals surface area contributed by atoms with Crippen LogP contribution in [0.1, 0.15) is 42.0 Å². The lowest BCUT2D eigenvalue weighted by atomic mass is 10.0. The molecule has 1 N–H and O–H groups in total. The SMILES string of the molecule is CCCCOc1cc2c(cc1OC)-c1cc(=O)c(C(=O)O)cn1C(c1cscn1)O2. The molecular formula is C21H20N2O6S. The second kappa shape index (κ2) is 8.19. The molecule has 30 heavy (non-hydrogen) atoms. The van der Waals surface area contributed by atoms with Crippen molar-refractivity contribution in [2.45, 2.75) is 26.0 Å². The fraction of sp³-hybridized carbons (Fsp3) is 0.286. The summed E-state index contributed by atoms with van der Waals surface area (Å²) in [5.74, 6) is 0.250. The minimum absolute atomic E-state index is 0.336. The normalized spacial score (nSPS) is 14.4. The summed E-state index contributed by atoms with van der Waals surface area (Å²) in [4.78, 5) is 28.3. The second-order valence-corrected chi connectivity index (χ2v) is 7.45. The number of nitrogens with zero attached hydrogens (tertiary/aromatic N) is 2. The number of hydrogen-bond acceptors (Lipinski definition) is 7. The Labute approximate surface area is 176 Å². The lowest BCUT2D eigenvalue weighted by Crippen LogP contribution is -2.28. The number of fused-ring (bicyclic) bond motifs is 3. The number of methoxy groups -OCH3 is 1. The van der Waals surface area contributed by atoms with Crippen LogP contribution in [0.5, 0.6) is 17.2 Å². The Hall–Kier alpha value is -3.33. The van der Waals surface area contributed by atoms with E-state index in [9.17, 15) is 14.7 Å². The van der Waals surface area contributed by atoms with E-state index in [1.54, 1.807) is 22.2 Å². The van der Waals surface area contributed by atoms with Gasteiger partial charge in [-0.05, 0) is 12.5 Å². The van der Waals surface area contributed by atoms with Crippen LogP contribution in [0.25, 0.3) is 11.3 Å². The fourth-order valence-electron chi connectivity index (χ4n) is 3.28. The van der Waals surface area contributed by atoms with Gasteiger partial charge in [0.15, 0.2) is 16.9 Å². The molecule has 0 amide bonds. The topological polar surface area (TPSA) is 99.9 Å². The molecule has 0 aliphatic carbocycles. The van der Waals surface area contributed by atoms with Crippen LogP contribution in [0, 0.1) is 0 Å². The first-order chi connectivity index (χ1) is 14.5. The summed E-state index contributed by atoms with van der Waals surface area (Å²) in [6, 6.07) is 4.78. The molecule has 0 fully saturated rings. The predicted molar refractivity (Wildman–Crippen MR) is 111 cm³/mol. The zero-order valence-electron chi connectivity index (χ0n) is 16.5. The van der Waals surface area contributed by atoms with Gasteiger partial charge in [0.1, 0.15) is 17.0 Å². The molecular weight excluding hydrogens is 408 g/mol. The standard InChI is InChI=1S/C21H20N2O6S/c1-3-4-5-28-19-8-17-12(6-18(19)27-2)15-7-16(24)13(21(25)26)9-23(15)20(29-17)14-10-30-11-22-14/h6-11,20H,3-5H2,1-2H3,(H,25,26). The first-order valence-electron chi connectivity index (χ1n) is 9.43. The number of aromatic carboxylic acids is 1. The molecule has 3 aromatic rings. The van der Waals surface area contributed by atoms with Crippen LogP contribution in [0.2, 0.25) is 0 Å². The molecule has 1 atom stereocenters. The van der Waals surface area contributed by atoms with Crippen LogP contribution >= 0.6 is 11.3 Å². The minimum Gasteiger partial charge on any atom is -0.493 e. The quantitative estimate of drug-likeness (QED) is 0.572. The predicted octanol–water partition coefficient (Wildman–Crippen LogP) is 3.80. The molecule has 1 unspecified atom stereocenters. The number of rotatable bonds is 7. The van der Waals surface area contributed by atoms with Gasteiger partial charge in [-0.25, -0.2) is 9.78 Å². The van der Waals surface area contributed by atoms with E-state index in [-0.39, 0.29) is 5.56 Å². The summed E-state index contributed by atoms with van der Waals surface area (Å²) in [6.07, 6.45) is 2.48. The molecule has 0 spiro atoms. The smallest absolute Gasteiger partial charge is 0.341 e. The van der Waals surface area contributed by atoms with E-state index in [0.29, 0.717) is 40.8 Å². The monoisotopic (exact) mass is 428 g/mol. The van der Waals surface area contributed by atoms with Crippen LogP contribution in [0.4, 0.5) is 0 Å². The average Bonchev–Trinajstić information content (AvgIpc) is 3.27. The third-order valence-electron chi connectivity index (χ3n) is 4.80. The van der Waals surface area contributed by atoms with Gasteiger partial charge in [0.25, 0.3) is 0 Å². The lowest BCUT2D eigenvalue weighted by Gasteiger charge is -2.31. The molecule has 0 saturated carbocycles. The summed E-state index contributed by atoms with van der Waals surface area (Å²) in [5, 5.41) is 11.2. The molecule has 2 aromatic heterocycles. The van der Waals surface area contributed by atoms with Gasteiger partial charge in [-0.2, -0.15) is 0 Å². The molecule has 1 aliphatic heterocycles. The molecule has 1 aliphatic rings. The van der Waals surface area contributed by atoms with E-state index in [1.165, 1.54) is 30.7 Å². The maximum absolute atomic E-state index is 12.4. The van der Waals surface area contributed by atoms with E-state index in [2.05, 4.69) is 11.9 Å². The molecule has 9 heteroatoms. The van der Waals surface area contributed by atoms with Crippen molar-refractivity contribution < 1.29 is 24.1 Å². The number of ether oxygens (including phenoxy) is 3. The Balaban J connectivity index is 1.89.